The van der Waals surface area contributed by atoms with Gasteiger partial charge >= 0.3 is 0 Å². The molecule has 2 aromatic carbocycles. The predicted molar refractivity (Wildman–Crippen MR) is 138 cm³/mol. The second-order valence-electron chi connectivity index (χ2n) is 9.65. The maximum absolute atomic E-state index is 13.8. The number of likely N-dealkylation sites (N-methyl/N-ethyl adjacent to an activating group) is 1. The van der Waals surface area contributed by atoms with Crippen molar-refractivity contribution < 1.29 is 23.5 Å². The van der Waals surface area contributed by atoms with E-state index < -0.39 is 6.04 Å². The van der Waals surface area contributed by atoms with Crippen LogP contribution in [0.3, 0.4) is 0 Å². The molecule has 0 aromatic heterocycles. The Bertz CT molecular complexity index is 1140. The molecule has 0 unspecified atom stereocenters. The first-order valence-electron chi connectivity index (χ1n) is 12.8. The van der Waals surface area contributed by atoms with Crippen LogP contribution in [0.2, 0.25) is 0 Å². The van der Waals surface area contributed by atoms with E-state index in [0.29, 0.717) is 19.5 Å². The lowest BCUT2D eigenvalue weighted by Crippen LogP contribution is -2.52. The molecule has 8 nitrogen and oxygen atoms in total. The highest BCUT2D eigenvalue weighted by molar-refractivity contribution is 5.86. The number of ether oxygens (including phenoxy) is 2. The van der Waals surface area contributed by atoms with Crippen molar-refractivity contribution in [1.29, 1.82) is 5.41 Å². The fourth-order valence-corrected chi connectivity index (χ4v) is 5.11. The molecule has 2 aliphatic rings. The monoisotopic (exact) mass is 510 g/mol. The van der Waals surface area contributed by atoms with Crippen LogP contribution >= 0.6 is 0 Å². The molecular weight excluding hydrogens is 475 g/mol. The average molecular weight is 511 g/mol. The van der Waals surface area contributed by atoms with E-state index in [-0.39, 0.29) is 42.8 Å². The number of nitrogens with zero attached hydrogens (tertiary/aromatic N) is 3. The van der Waals surface area contributed by atoms with Crippen molar-refractivity contribution in [2.45, 2.75) is 44.7 Å². The zero-order valence-corrected chi connectivity index (χ0v) is 21.7. The van der Waals surface area contributed by atoms with Gasteiger partial charge in [-0.2, -0.15) is 0 Å². The lowest BCUT2D eigenvalue weighted by molar-refractivity contribution is -0.139. The minimum Gasteiger partial charge on any atom is -0.497 e. The van der Waals surface area contributed by atoms with Crippen molar-refractivity contribution in [2.75, 3.05) is 40.4 Å². The Morgan fingerprint density at radius 3 is 2.59 bits per heavy atom. The van der Waals surface area contributed by atoms with E-state index in [1.54, 1.807) is 36.1 Å². The maximum Gasteiger partial charge on any atom is 0.285 e. The molecule has 0 radical (unpaired) electrons. The third kappa shape index (κ3) is 5.87. The molecular formula is C28H35FN4O4. The van der Waals surface area contributed by atoms with Crippen molar-refractivity contribution in [3.8, 4) is 5.75 Å². The van der Waals surface area contributed by atoms with Crippen LogP contribution in [0.25, 0.3) is 0 Å². The first-order valence-corrected chi connectivity index (χ1v) is 12.8. The number of piperazine rings is 1. The van der Waals surface area contributed by atoms with Crippen LogP contribution in [0.4, 0.5) is 4.39 Å². The van der Waals surface area contributed by atoms with Gasteiger partial charge in [0.25, 0.3) is 11.9 Å². The molecule has 2 aromatic rings. The van der Waals surface area contributed by atoms with Crippen LogP contribution < -0.4 is 4.74 Å². The van der Waals surface area contributed by atoms with Crippen LogP contribution in [0, 0.1) is 11.2 Å². The quantitative estimate of drug-likeness (QED) is 0.455. The highest BCUT2D eigenvalue weighted by Crippen LogP contribution is 2.40. The van der Waals surface area contributed by atoms with Crippen LogP contribution in [0.15, 0.2) is 42.5 Å². The Kier molecular flexibility index (Phi) is 8.31. The van der Waals surface area contributed by atoms with Gasteiger partial charge < -0.3 is 24.2 Å². The molecule has 0 spiro atoms. The molecule has 0 bridgehead atoms. The molecule has 37 heavy (non-hydrogen) atoms. The lowest BCUT2D eigenvalue weighted by Gasteiger charge is -2.44. The number of hydrogen-bond donors (Lipinski definition) is 1. The summed E-state index contributed by atoms with van der Waals surface area (Å²) >= 11 is 0. The van der Waals surface area contributed by atoms with Gasteiger partial charge in [-0.15, -0.1) is 0 Å². The zero-order valence-electron chi connectivity index (χ0n) is 21.7. The van der Waals surface area contributed by atoms with Crippen LogP contribution in [-0.2, 0) is 20.7 Å². The molecule has 1 fully saturated rings. The SMILES string of the molecule is CCCC[C@H]1Cc2cc(OC)ccc2[C@H](c2ccc(F)cc2)N1C(=O)COC(=N)N1CCN(C)C(=O)C1. The van der Waals surface area contributed by atoms with Crippen molar-refractivity contribution in [2.24, 2.45) is 0 Å². The van der Waals surface area contributed by atoms with Gasteiger partial charge in [0.15, 0.2) is 6.61 Å². The third-order valence-electron chi connectivity index (χ3n) is 7.21. The van der Waals surface area contributed by atoms with Crippen molar-refractivity contribution in [3.05, 3.63) is 65.0 Å². The number of nitrogens with one attached hydrogen (secondary N) is 1. The summed E-state index contributed by atoms with van der Waals surface area (Å²) in [6.45, 7) is 2.83. The Morgan fingerprint density at radius 2 is 1.92 bits per heavy atom. The molecule has 2 amide bonds. The molecule has 0 aliphatic carbocycles. The summed E-state index contributed by atoms with van der Waals surface area (Å²) in [6, 6.07) is 11.4. The van der Waals surface area contributed by atoms with Crippen molar-refractivity contribution >= 4 is 17.8 Å². The molecule has 0 saturated carbocycles. The van der Waals surface area contributed by atoms with E-state index in [4.69, 9.17) is 14.9 Å². The van der Waals surface area contributed by atoms with Gasteiger partial charge in [-0.25, -0.2) is 4.39 Å². The highest BCUT2D eigenvalue weighted by atomic mass is 19.1. The van der Waals surface area contributed by atoms with Gasteiger partial charge in [0.1, 0.15) is 18.1 Å². The number of rotatable bonds is 7. The van der Waals surface area contributed by atoms with E-state index >= 15 is 0 Å². The largest absolute Gasteiger partial charge is 0.497 e. The first-order chi connectivity index (χ1) is 17.8. The van der Waals surface area contributed by atoms with Crippen LogP contribution in [0.5, 0.6) is 5.75 Å². The number of carbonyl (C=O) groups is 2. The Labute approximate surface area is 217 Å². The van der Waals surface area contributed by atoms with Crippen LogP contribution in [-0.4, -0.2) is 79.0 Å². The average Bonchev–Trinajstić information content (AvgIpc) is 2.91. The molecule has 4 rings (SSSR count). The first kappa shape index (κ1) is 26.4. The number of fused-ring (bicyclic) bond motifs is 1. The number of hydrogen-bond acceptors (Lipinski definition) is 5. The summed E-state index contributed by atoms with van der Waals surface area (Å²) in [4.78, 5) is 30.8. The number of halogens is 1. The number of benzene rings is 2. The number of amidine groups is 1. The minimum atomic E-state index is -0.424. The highest BCUT2D eigenvalue weighted by Gasteiger charge is 2.38. The summed E-state index contributed by atoms with van der Waals surface area (Å²) < 4.78 is 24.9. The van der Waals surface area contributed by atoms with Gasteiger partial charge in [-0.1, -0.05) is 38.0 Å². The molecule has 198 valence electrons. The number of carbonyl (C=O) groups excluding carboxylic acids is 2. The molecule has 9 heteroatoms. The second kappa shape index (κ2) is 11.6. The van der Waals surface area contributed by atoms with Gasteiger partial charge in [0.2, 0.25) is 5.91 Å². The number of amides is 2. The second-order valence-corrected chi connectivity index (χ2v) is 9.65. The van der Waals surface area contributed by atoms with Crippen molar-refractivity contribution in [1.82, 2.24) is 14.7 Å². The van der Waals surface area contributed by atoms with Gasteiger partial charge in [0.05, 0.1) is 13.2 Å². The summed E-state index contributed by atoms with van der Waals surface area (Å²) in [6.07, 6.45) is 3.41. The molecule has 2 aliphatic heterocycles. The lowest BCUT2D eigenvalue weighted by atomic mass is 9.83. The van der Waals surface area contributed by atoms with E-state index in [1.165, 1.54) is 12.1 Å². The van der Waals surface area contributed by atoms with E-state index in [1.807, 2.05) is 23.1 Å². The third-order valence-corrected chi connectivity index (χ3v) is 7.21. The number of unbranched alkanes of at least 4 members (excludes halogenated alkanes) is 1. The fraction of sp³-hybridized carbons (Fsp3) is 0.464. The topological polar surface area (TPSA) is 86.2 Å². The van der Waals surface area contributed by atoms with Gasteiger partial charge in [-0.3, -0.25) is 15.0 Å². The summed E-state index contributed by atoms with van der Waals surface area (Å²) in [5, 5.41) is 8.31. The van der Waals surface area contributed by atoms with Crippen LogP contribution in [0.1, 0.15) is 48.9 Å². The molecule has 2 atom stereocenters. The van der Waals surface area contributed by atoms with E-state index in [2.05, 4.69) is 6.92 Å². The standard InChI is InChI=1S/C28H35FN4O4/c1-4-5-6-22-15-20-16-23(36-3)11-12-24(20)27(19-7-9-21(29)10-8-19)33(22)26(35)18-37-28(30)32-14-13-31(2)25(34)17-32/h7-12,16,22,27,30H,4-6,13-15,17-18H2,1-3H3/t22-,27-/m0/s1. The number of methoxy groups -OCH3 is 1. The molecule has 1 saturated heterocycles. The van der Waals surface area contributed by atoms with Gasteiger partial charge in [-0.05, 0) is 53.8 Å². The Morgan fingerprint density at radius 1 is 1.16 bits per heavy atom. The summed E-state index contributed by atoms with van der Waals surface area (Å²) in [5.41, 5.74) is 2.87. The summed E-state index contributed by atoms with van der Waals surface area (Å²) in [5.74, 6) is 0.0738. The van der Waals surface area contributed by atoms with E-state index in [0.717, 1.165) is 41.7 Å². The molecule has 2 heterocycles. The maximum atomic E-state index is 13.8. The zero-order chi connectivity index (χ0) is 26.5. The van der Waals surface area contributed by atoms with Crippen molar-refractivity contribution in [3.63, 3.8) is 0 Å². The van der Waals surface area contributed by atoms with E-state index in [9.17, 15) is 14.0 Å². The smallest absolute Gasteiger partial charge is 0.285 e. The normalized spacial score (nSPS) is 19.5. The molecule has 1 N–H and O–H groups in total. The predicted octanol–water partition coefficient (Wildman–Crippen LogP) is 3.59. The van der Waals surface area contributed by atoms with Gasteiger partial charge in [0, 0.05) is 26.2 Å². The fourth-order valence-electron chi connectivity index (χ4n) is 5.11. The Hall–Kier alpha value is -3.62. The Balaban J connectivity index is 1.62. The summed E-state index contributed by atoms with van der Waals surface area (Å²) in [7, 11) is 3.36. The minimum absolute atomic E-state index is 0.0553.